The van der Waals surface area contributed by atoms with E-state index in [1.807, 2.05) is 12.1 Å². The van der Waals surface area contributed by atoms with Gasteiger partial charge in [0.15, 0.2) is 0 Å². The van der Waals surface area contributed by atoms with E-state index in [4.69, 9.17) is 4.74 Å². The van der Waals surface area contributed by atoms with Gasteiger partial charge >= 0.3 is 0 Å². The number of anilines is 1. The quantitative estimate of drug-likeness (QED) is 0.901. The fraction of sp³-hybridized carbons (Fsp3) is 0.0769. The molecule has 0 aliphatic heterocycles. The third kappa shape index (κ3) is 3.78. The van der Waals surface area contributed by atoms with Crippen LogP contribution in [0.25, 0.3) is 0 Å². The maximum atomic E-state index is 11.7. The number of hydrogen-bond donors (Lipinski definition) is 1. The number of nitrogens with one attached hydrogen (secondary N) is 1. The van der Waals surface area contributed by atoms with E-state index in [-0.39, 0.29) is 0 Å². The molecule has 0 spiro atoms. The van der Waals surface area contributed by atoms with Crippen LogP contribution in [0.1, 0.15) is 0 Å². The van der Waals surface area contributed by atoms with Crippen molar-refractivity contribution < 1.29 is 13.2 Å². The molecule has 2 aromatic rings. The molecule has 2 aromatic carbocycles. The standard InChI is InChI=1S/C13H13NO3S/c15-18(16,14-12-7-3-1-4-8-12)11-17-13-9-5-2-6-10-13/h1-10,14H,11H2. The summed E-state index contributed by atoms with van der Waals surface area (Å²) >= 11 is 0. The second-order valence-electron chi connectivity index (χ2n) is 3.66. The second kappa shape index (κ2) is 5.55. The van der Waals surface area contributed by atoms with E-state index < -0.39 is 16.0 Å². The molecule has 2 rings (SSSR count). The van der Waals surface area contributed by atoms with Crippen LogP contribution >= 0.6 is 0 Å². The van der Waals surface area contributed by atoms with E-state index in [1.54, 1.807) is 48.5 Å². The van der Waals surface area contributed by atoms with E-state index in [1.165, 1.54) is 0 Å². The van der Waals surface area contributed by atoms with Crippen molar-refractivity contribution in [2.75, 3.05) is 10.7 Å². The van der Waals surface area contributed by atoms with Gasteiger partial charge in [-0.15, -0.1) is 0 Å². The van der Waals surface area contributed by atoms with Crippen molar-refractivity contribution in [2.24, 2.45) is 0 Å². The van der Waals surface area contributed by atoms with Crippen LogP contribution in [0.2, 0.25) is 0 Å². The minimum atomic E-state index is -3.51. The van der Waals surface area contributed by atoms with E-state index in [0.717, 1.165) is 0 Å². The van der Waals surface area contributed by atoms with Gasteiger partial charge in [0.2, 0.25) is 5.94 Å². The van der Waals surface area contributed by atoms with Crippen LogP contribution in [0.5, 0.6) is 5.75 Å². The summed E-state index contributed by atoms with van der Waals surface area (Å²) in [4.78, 5) is 0. The van der Waals surface area contributed by atoms with Crippen molar-refractivity contribution >= 4 is 15.7 Å². The van der Waals surface area contributed by atoms with Crippen LogP contribution in [0, 0.1) is 0 Å². The Morgan fingerprint density at radius 1 is 0.889 bits per heavy atom. The molecule has 0 bridgehead atoms. The van der Waals surface area contributed by atoms with Crippen LogP contribution in [0.3, 0.4) is 0 Å². The summed E-state index contributed by atoms with van der Waals surface area (Å²) in [5.74, 6) is 0.113. The number of ether oxygens (including phenoxy) is 1. The van der Waals surface area contributed by atoms with E-state index >= 15 is 0 Å². The van der Waals surface area contributed by atoms with Crippen LogP contribution in [-0.2, 0) is 10.0 Å². The smallest absolute Gasteiger partial charge is 0.268 e. The van der Waals surface area contributed by atoms with Crippen LogP contribution in [-0.4, -0.2) is 14.4 Å². The van der Waals surface area contributed by atoms with Gasteiger partial charge in [-0.1, -0.05) is 36.4 Å². The highest BCUT2D eigenvalue weighted by atomic mass is 32.2. The Hall–Kier alpha value is -2.01. The third-order valence-corrected chi connectivity index (χ3v) is 3.15. The summed E-state index contributed by atoms with van der Waals surface area (Å²) in [7, 11) is -3.51. The fourth-order valence-corrected chi connectivity index (χ4v) is 2.22. The Bertz CT molecular complexity index is 582. The zero-order valence-electron chi connectivity index (χ0n) is 9.61. The zero-order valence-corrected chi connectivity index (χ0v) is 10.4. The van der Waals surface area contributed by atoms with E-state index in [9.17, 15) is 8.42 Å². The van der Waals surface area contributed by atoms with Crippen molar-refractivity contribution in [1.82, 2.24) is 0 Å². The summed E-state index contributed by atoms with van der Waals surface area (Å²) in [5, 5.41) is 0. The molecule has 0 radical (unpaired) electrons. The molecule has 4 nitrogen and oxygen atoms in total. The van der Waals surface area contributed by atoms with Gasteiger partial charge in [0.25, 0.3) is 10.0 Å². The number of benzene rings is 2. The monoisotopic (exact) mass is 263 g/mol. The first-order valence-electron chi connectivity index (χ1n) is 5.39. The minimum Gasteiger partial charge on any atom is -0.476 e. The van der Waals surface area contributed by atoms with Gasteiger partial charge < -0.3 is 4.74 Å². The number of rotatable bonds is 5. The largest absolute Gasteiger partial charge is 0.476 e. The van der Waals surface area contributed by atoms with Crippen molar-refractivity contribution in [1.29, 1.82) is 0 Å². The maximum absolute atomic E-state index is 11.7. The predicted octanol–water partition coefficient (Wildman–Crippen LogP) is 2.46. The Labute approximate surface area is 106 Å². The lowest BCUT2D eigenvalue weighted by atomic mass is 10.3. The lowest BCUT2D eigenvalue weighted by molar-refractivity contribution is 0.378. The second-order valence-corrected chi connectivity index (χ2v) is 5.33. The highest BCUT2D eigenvalue weighted by molar-refractivity contribution is 7.92. The molecule has 5 heteroatoms. The van der Waals surface area contributed by atoms with Gasteiger partial charge in [0, 0.05) is 5.69 Å². The lowest BCUT2D eigenvalue weighted by Gasteiger charge is -2.09. The third-order valence-electron chi connectivity index (χ3n) is 2.17. The maximum Gasteiger partial charge on any atom is 0.268 e. The number of para-hydroxylation sites is 2. The molecule has 18 heavy (non-hydrogen) atoms. The molecule has 0 aliphatic rings. The van der Waals surface area contributed by atoms with Crippen molar-refractivity contribution in [3.05, 3.63) is 60.7 Å². The SMILES string of the molecule is O=S(=O)(COc1ccccc1)Nc1ccccc1. The molecule has 0 saturated heterocycles. The van der Waals surface area contributed by atoms with Crippen LogP contribution in [0.4, 0.5) is 5.69 Å². The molecule has 94 valence electrons. The highest BCUT2D eigenvalue weighted by Gasteiger charge is 2.10. The van der Waals surface area contributed by atoms with Gasteiger partial charge in [0.1, 0.15) is 5.75 Å². The average molecular weight is 263 g/mol. The first-order valence-corrected chi connectivity index (χ1v) is 7.04. The number of hydrogen-bond acceptors (Lipinski definition) is 3. The topological polar surface area (TPSA) is 55.4 Å². The Balaban J connectivity index is 1.96. The van der Waals surface area contributed by atoms with Crippen LogP contribution < -0.4 is 9.46 Å². The summed E-state index contributed by atoms with van der Waals surface area (Å²) < 4.78 is 31.1. The molecule has 0 amide bonds. The van der Waals surface area contributed by atoms with Crippen molar-refractivity contribution in [3.8, 4) is 5.75 Å². The van der Waals surface area contributed by atoms with Crippen molar-refractivity contribution in [3.63, 3.8) is 0 Å². The molecule has 0 aliphatic carbocycles. The molecule has 1 N–H and O–H groups in total. The Morgan fingerprint density at radius 3 is 2.06 bits per heavy atom. The predicted molar refractivity (Wildman–Crippen MR) is 70.9 cm³/mol. The summed E-state index contributed by atoms with van der Waals surface area (Å²) in [6, 6.07) is 17.5. The van der Waals surface area contributed by atoms with Crippen molar-refractivity contribution in [2.45, 2.75) is 0 Å². The average Bonchev–Trinajstić information content (AvgIpc) is 2.38. The normalized spacial score (nSPS) is 10.9. The fourth-order valence-electron chi connectivity index (χ4n) is 1.38. The highest BCUT2D eigenvalue weighted by Crippen LogP contribution is 2.11. The first kappa shape index (κ1) is 12.4. The first-order chi connectivity index (χ1) is 8.66. The van der Waals surface area contributed by atoms with Crippen LogP contribution in [0.15, 0.2) is 60.7 Å². The molecule has 0 unspecified atom stereocenters. The molecule has 0 aromatic heterocycles. The Kier molecular flexibility index (Phi) is 3.84. The van der Waals surface area contributed by atoms with Gasteiger partial charge in [-0.3, -0.25) is 4.72 Å². The minimum absolute atomic E-state index is 0.411. The molecule has 0 heterocycles. The summed E-state index contributed by atoms with van der Waals surface area (Å²) in [6.07, 6.45) is 0. The van der Waals surface area contributed by atoms with Gasteiger partial charge in [-0.05, 0) is 24.3 Å². The van der Waals surface area contributed by atoms with Gasteiger partial charge in [0.05, 0.1) is 0 Å². The zero-order chi connectivity index (χ0) is 12.8. The van der Waals surface area contributed by atoms with E-state index in [0.29, 0.717) is 11.4 Å². The van der Waals surface area contributed by atoms with E-state index in [2.05, 4.69) is 4.72 Å². The molecule has 0 atom stereocenters. The lowest BCUT2D eigenvalue weighted by Crippen LogP contribution is -2.20. The van der Waals surface area contributed by atoms with Gasteiger partial charge in [-0.25, -0.2) is 8.42 Å². The molecular formula is C13H13NO3S. The molecule has 0 saturated carbocycles. The number of sulfonamides is 1. The van der Waals surface area contributed by atoms with Gasteiger partial charge in [-0.2, -0.15) is 0 Å². The Morgan fingerprint density at radius 2 is 1.44 bits per heavy atom. The summed E-state index contributed by atoms with van der Waals surface area (Å²) in [5.41, 5.74) is 0.522. The molecular weight excluding hydrogens is 250 g/mol. The molecule has 0 fully saturated rings. The summed E-state index contributed by atoms with van der Waals surface area (Å²) in [6.45, 7) is 0.